The maximum atomic E-state index is 14.8. The van der Waals surface area contributed by atoms with E-state index in [0.717, 1.165) is 12.1 Å². The number of carbonyl (C=O) groups excluding carboxylic acids is 2. The molecule has 2 aromatic carbocycles. The summed E-state index contributed by atoms with van der Waals surface area (Å²) >= 11 is 0. The number of nitrogens with one attached hydrogen (secondary N) is 1. The van der Waals surface area contributed by atoms with Gasteiger partial charge < -0.3 is 15.5 Å². The van der Waals surface area contributed by atoms with E-state index in [1.165, 1.54) is 42.7 Å². The Morgan fingerprint density at radius 1 is 1.21 bits per heavy atom. The molecule has 1 atom stereocenters. The van der Waals surface area contributed by atoms with E-state index in [9.17, 15) is 23.5 Å². The van der Waals surface area contributed by atoms with Crippen LogP contribution in [0.1, 0.15) is 34.5 Å². The molecule has 3 rings (SSSR count). The van der Waals surface area contributed by atoms with Crippen molar-refractivity contribution in [2.24, 2.45) is 0 Å². The molecule has 1 heterocycles. The normalized spacial score (nSPS) is 12.2. The van der Waals surface area contributed by atoms with E-state index in [0.29, 0.717) is 0 Å². The lowest BCUT2D eigenvalue weighted by molar-refractivity contribution is -0.123. The van der Waals surface area contributed by atoms with Gasteiger partial charge in [-0.3, -0.25) is 14.2 Å². The van der Waals surface area contributed by atoms with E-state index in [1.54, 1.807) is 0 Å². The second kappa shape index (κ2) is 7.40. The van der Waals surface area contributed by atoms with Gasteiger partial charge in [0, 0.05) is 16.6 Å². The molecule has 0 aliphatic heterocycles. The van der Waals surface area contributed by atoms with Gasteiger partial charge >= 0.3 is 0 Å². The van der Waals surface area contributed by atoms with Crippen LogP contribution in [0, 0.1) is 18.6 Å². The van der Waals surface area contributed by atoms with E-state index in [1.807, 2.05) is 0 Å². The third kappa shape index (κ3) is 3.11. The van der Waals surface area contributed by atoms with E-state index in [-0.39, 0.29) is 27.7 Å². The predicted molar refractivity (Wildman–Crippen MR) is 98.1 cm³/mol. The SMILES string of the molecule is Cc1c([C@@H](C)C(=O)NCO)c2c(F)c(O)ccc2n1C(=O)c1cccc(F)c1. The van der Waals surface area contributed by atoms with E-state index < -0.39 is 41.8 Å². The molecular formula is C20H18F2N2O4. The first-order chi connectivity index (χ1) is 13.3. The second-order valence-electron chi connectivity index (χ2n) is 6.36. The Kier molecular flexibility index (Phi) is 5.15. The maximum Gasteiger partial charge on any atom is 0.262 e. The average Bonchev–Trinajstić information content (AvgIpc) is 2.96. The number of fused-ring (bicyclic) bond motifs is 1. The van der Waals surface area contributed by atoms with E-state index in [2.05, 4.69) is 5.32 Å². The number of halogens is 2. The number of phenols is 1. The van der Waals surface area contributed by atoms with Crippen molar-refractivity contribution in [1.29, 1.82) is 0 Å². The number of rotatable bonds is 4. The summed E-state index contributed by atoms with van der Waals surface area (Å²) in [6.07, 6.45) is 0. The zero-order valence-corrected chi connectivity index (χ0v) is 15.2. The molecule has 8 heteroatoms. The van der Waals surface area contributed by atoms with Crippen molar-refractivity contribution in [2.45, 2.75) is 19.8 Å². The van der Waals surface area contributed by atoms with Crippen LogP contribution in [-0.2, 0) is 4.79 Å². The van der Waals surface area contributed by atoms with Gasteiger partial charge in [0.2, 0.25) is 5.91 Å². The zero-order chi connectivity index (χ0) is 20.6. The van der Waals surface area contributed by atoms with Crippen LogP contribution in [-0.4, -0.2) is 33.3 Å². The number of aromatic nitrogens is 1. The van der Waals surface area contributed by atoms with Gasteiger partial charge in [-0.15, -0.1) is 0 Å². The molecule has 6 nitrogen and oxygen atoms in total. The number of amides is 1. The van der Waals surface area contributed by atoms with Crippen LogP contribution in [0.4, 0.5) is 8.78 Å². The lowest BCUT2D eigenvalue weighted by Gasteiger charge is -2.13. The third-order valence-corrected chi connectivity index (χ3v) is 4.69. The predicted octanol–water partition coefficient (Wildman–Crippen LogP) is 2.79. The molecule has 1 aromatic heterocycles. The summed E-state index contributed by atoms with van der Waals surface area (Å²) < 4.78 is 29.5. The topological polar surface area (TPSA) is 91.6 Å². The van der Waals surface area contributed by atoms with Gasteiger partial charge in [-0.1, -0.05) is 6.07 Å². The monoisotopic (exact) mass is 388 g/mol. The molecule has 0 radical (unpaired) electrons. The highest BCUT2D eigenvalue weighted by atomic mass is 19.1. The molecule has 0 aliphatic rings. The van der Waals surface area contributed by atoms with Gasteiger partial charge in [-0.2, -0.15) is 0 Å². The summed E-state index contributed by atoms with van der Waals surface area (Å²) in [7, 11) is 0. The molecule has 0 fully saturated rings. The Labute approximate surface area is 159 Å². The standard InChI is InChI=1S/C20H18F2N2O4/c1-10(19(27)23-9-25)16-11(2)24(14-6-7-15(26)18(22)17(14)16)20(28)12-4-3-5-13(21)8-12/h3-8,10,25-26H,9H2,1-2H3,(H,23,27)/t10-/m1/s1. The van der Waals surface area contributed by atoms with E-state index in [4.69, 9.17) is 5.11 Å². The Balaban J connectivity index is 2.30. The van der Waals surface area contributed by atoms with Crippen molar-refractivity contribution in [2.75, 3.05) is 6.73 Å². The van der Waals surface area contributed by atoms with Gasteiger partial charge in [0.1, 0.15) is 12.5 Å². The summed E-state index contributed by atoms with van der Waals surface area (Å²) in [5, 5.41) is 20.9. The van der Waals surface area contributed by atoms with Gasteiger partial charge in [0.25, 0.3) is 5.91 Å². The average molecular weight is 388 g/mol. The minimum atomic E-state index is -0.968. The van der Waals surface area contributed by atoms with Crippen LogP contribution in [0.25, 0.3) is 10.9 Å². The number of carbonyl (C=O) groups is 2. The summed E-state index contributed by atoms with van der Waals surface area (Å²) in [5.41, 5.74) is 0.654. The van der Waals surface area contributed by atoms with Gasteiger partial charge in [-0.25, -0.2) is 8.78 Å². The highest BCUT2D eigenvalue weighted by molar-refractivity contribution is 6.05. The lowest BCUT2D eigenvalue weighted by Crippen LogP contribution is -2.29. The Morgan fingerprint density at radius 3 is 2.57 bits per heavy atom. The van der Waals surface area contributed by atoms with Crippen molar-refractivity contribution in [3.05, 3.63) is 64.9 Å². The number of aliphatic hydroxyl groups excluding tert-OH is 1. The number of nitrogens with zero attached hydrogens (tertiary/aromatic N) is 1. The highest BCUT2D eigenvalue weighted by Gasteiger charge is 2.29. The van der Waals surface area contributed by atoms with Gasteiger partial charge in [0.15, 0.2) is 11.6 Å². The van der Waals surface area contributed by atoms with Crippen LogP contribution in [0.2, 0.25) is 0 Å². The van der Waals surface area contributed by atoms with Crippen molar-refractivity contribution in [3.63, 3.8) is 0 Å². The molecule has 0 spiro atoms. The second-order valence-corrected chi connectivity index (χ2v) is 6.36. The number of hydrogen-bond acceptors (Lipinski definition) is 4. The molecule has 3 N–H and O–H groups in total. The number of benzene rings is 2. The minimum Gasteiger partial charge on any atom is -0.505 e. The van der Waals surface area contributed by atoms with Crippen LogP contribution >= 0.6 is 0 Å². The highest BCUT2D eigenvalue weighted by Crippen LogP contribution is 2.37. The molecule has 28 heavy (non-hydrogen) atoms. The molecule has 3 aromatic rings. The number of aromatic hydroxyl groups is 1. The van der Waals surface area contributed by atoms with E-state index >= 15 is 0 Å². The third-order valence-electron chi connectivity index (χ3n) is 4.69. The summed E-state index contributed by atoms with van der Waals surface area (Å²) in [6, 6.07) is 7.53. The summed E-state index contributed by atoms with van der Waals surface area (Å²) in [5.74, 6) is -4.30. The lowest BCUT2D eigenvalue weighted by atomic mass is 9.96. The quantitative estimate of drug-likeness (QED) is 0.600. The Morgan fingerprint density at radius 2 is 1.93 bits per heavy atom. The Bertz CT molecular complexity index is 1090. The van der Waals surface area contributed by atoms with Crippen LogP contribution < -0.4 is 5.32 Å². The maximum absolute atomic E-state index is 14.8. The Hall–Kier alpha value is -3.26. The van der Waals surface area contributed by atoms with Crippen molar-refractivity contribution in [3.8, 4) is 5.75 Å². The van der Waals surface area contributed by atoms with Crippen LogP contribution in [0.3, 0.4) is 0 Å². The molecule has 0 unspecified atom stereocenters. The van der Waals surface area contributed by atoms with Crippen molar-refractivity contribution >= 4 is 22.7 Å². The minimum absolute atomic E-state index is 0.0486. The first-order valence-corrected chi connectivity index (χ1v) is 8.49. The fourth-order valence-corrected chi connectivity index (χ4v) is 3.38. The molecule has 1 amide bonds. The largest absolute Gasteiger partial charge is 0.505 e. The zero-order valence-electron chi connectivity index (χ0n) is 15.2. The van der Waals surface area contributed by atoms with Gasteiger partial charge in [-0.05, 0) is 49.7 Å². The molecule has 0 saturated carbocycles. The smallest absolute Gasteiger partial charge is 0.262 e. The van der Waals surface area contributed by atoms with Crippen molar-refractivity contribution < 1.29 is 28.6 Å². The van der Waals surface area contributed by atoms with Gasteiger partial charge in [0.05, 0.1) is 11.4 Å². The fourth-order valence-electron chi connectivity index (χ4n) is 3.38. The molecule has 0 bridgehead atoms. The molecule has 0 aliphatic carbocycles. The van der Waals surface area contributed by atoms with Crippen molar-refractivity contribution in [1.82, 2.24) is 9.88 Å². The molecular weight excluding hydrogens is 370 g/mol. The molecule has 0 saturated heterocycles. The number of phenolic OH excluding ortho intramolecular Hbond substituents is 1. The summed E-state index contributed by atoms with van der Waals surface area (Å²) in [4.78, 5) is 25.3. The fraction of sp³-hybridized carbons (Fsp3) is 0.200. The number of aliphatic hydroxyl groups is 1. The van der Waals surface area contributed by atoms with Crippen LogP contribution in [0.15, 0.2) is 36.4 Å². The van der Waals surface area contributed by atoms with Crippen LogP contribution in [0.5, 0.6) is 5.75 Å². The summed E-state index contributed by atoms with van der Waals surface area (Å²) in [6.45, 7) is 2.43. The molecule has 146 valence electrons. The first kappa shape index (κ1) is 19.5. The number of hydrogen-bond donors (Lipinski definition) is 3. The first-order valence-electron chi connectivity index (χ1n) is 8.49.